The van der Waals surface area contributed by atoms with Crippen LogP contribution in [-0.4, -0.2) is 130 Å². The van der Waals surface area contributed by atoms with E-state index in [0.29, 0.717) is 24.9 Å². The van der Waals surface area contributed by atoms with Crippen LogP contribution < -0.4 is 42.5 Å². The fraction of sp³-hybridized carbons (Fsp3) is 0.686. The van der Waals surface area contributed by atoms with Gasteiger partial charge < -0.3 is 42.3 Å². The van der Waals surface area contributed by atoms with E-state index in [9.17, 15) is 53.1 Å². The van der Waals surface area contributed by atoms with E-state index in [4.69, 9.17) is 0 Å². The number of nitrogens with one attached hydrogen (secondary N) is 8. The molecule has 1 aromatic carbocycles. The second-order valence-electron chi connectivity index (χ2n) is 21.0. The number of carboxylic acid groups (broad SMARTS) is 1. The van der Waals surface area contributed by atoms with Crippen LogP contribution in [0, 0.1) is 35.5 Å². The summed E-state index contributed by atoms with van der Waals surface area (Å²) >= 11 is 0. The third-order valence-electron chi connectivity index (χ3n) is 12.2. The van der Waals surface area contributed by atoms with Gasteiger partial charge in [0.1, 0.15) is 42.3 Å². The standard InChI is InChI=1S/C51H83N9O11/c1-26(2)23-35(45(64)53-33(14)51(70)71)55-48(67)39(28(5)6)58-49(68)40(29(7)8)57-46(65)37(25-34-19-16-15-17-20-34)54-43(62)32(13)52-44(63)36(24-27(3)4)56-50(69)41(30(9)10)60-22-18-21-38(60)47(66)59-42(61)31(11)12/h15-17,19-20,26-33,35-41H,18,21-25H2,1-14H3,(H,52,63)(H,53,64)(H,54,62)(H,55,67)(H,56,69)(H,57,65)(H,58,68)(H,70,71)(H,59,61,66). The Morgan fingerprint density at radius 3 is 1.44 bits per heavy atom. The second kappa shape index (κ2) is 28.8. The topological polar surface area (TPSA) is 290 Å². The van der Waals surface area contributed by atoms with Gasteiger partial charge in [0.05, 0.1) is 12.1 Å². The van der Waals surface area contributed by atoms with E-state index in [0.717, 1.165) is 0 Å². The number of likely N-dealkylation sites (tertiary alicyclic amines) is 1. The molecule has 9 atom stereocenters. The highest BCUT2D eigenvalue weighted by atomic mass is 16.4. The van der Waals surface area contributed by atoms with E-state index in [-0.39, 0.29) is 37.0 Å². The maximum Gasteiger partial charge on any atom is 0.325 e. The zero-order chi connectivity index (χ0) is 54.0. The van der Waals surface area contributed by atoms with Crippen LogP contribution in [0.25, 0.3) is 0 Å². The molecule has 71 heavy (non-hydrogen) atoms. The number of carbonyl (C=O) groups is 10. The number of carboxylic acids is 1. The molecule has 9 unspecified atom stereocenters. The van der Waals surface area contributed by atoms with Gasteiger partial charge in [-0.15, -0.1) is 0 Å². The first-order chi connectivity index (χ1) is 33.0. The molecule has 1 aromatic rings. The van der Waals surface area contributed by atoms with Crippen LogP contribution in [0.5, 0.6) is 0 Å². The lowest BCUT2D eigenvalue weighted by atomic mass is 9.97. The third-order valence-corrected chi connectivity index (χ3v) is 12.2. The number of rotatable bonds is 27. The number of hydrogen-bond acceptors (Lipinski definition) is 11. The van der Waals surface area contributed by atoms with Crippen molar-refractivity contribution in [2.45, 2.75) is 183 Å². The first-order valence-electron chi connectivity index (χ1n) is 25.1. The molecule has 1 aliphatic heterocycles. The van der Waals surface area contributed by atoms with Crippen LogP contribution in [0.1, 0.15) is 128 Å². The number of nitrogens with zero attached hydrogens (tertiary/aromatic N) is 1. The lowest BCUT2D eigenvalue weighted by molar-refractivity contribution is -0.142. The highest BCUT2D eigenvalue weighted by Gasteiger charge is 2.42. The lowest BCUT2D eigenvalue weighted by Gasteiger charge is -2.35. The number of imide groups is 1. The maximum absolute atomic E-state index is 14.2. The molecule has 20 nitrogen and oxygen atoms in total. The lowest BCUT2D eigenvalue weighted by Crippen LogP contribution is -2.62. The van der Waals surface area contributed by atoms with E-state index in [1.54, 1.807) is 76.8 Å². The summed E-state index contributed by atoms with van der Waals surface area (Å²) in [6.45, 7) is 24.4. The van der Waals surface area contributed by atoms with E-state index >= 15 is 0 Å². The Balaban J connectivity index is 2.32. The molecule has 20 heteroatoms. The summed E-state index contributed by atoms with van der Waals surface area (Å²) in [5.41, 5.74) is 0.674. The number of hydrogen-bond donors (Lipinski definition) is 9. The molecule has 0 saturated carbocycles. The van der Waals surface area contributed by atoms with Gasteiger partial charge in [-0.05, 0) is 81.2 Å². The van der Waals surface area contributed by atoms with Crippen molar-refractivity contribution in [2.24, 2.45) is 35.5 Å². The van der Waals surface area contributed by atoms with Crippen molar-refractivity contribution in [2.75, 3.05) is 6.54 Å². The summed E-state index contributed by atoms with van der Waals surface area (Å²) in [6.07, 6.45) is 1.46. The minimum absolute atomic E-state index is 0.00783. The Kier molecular flexibility index (Phi) is 24.8. The highest BCUT2D eigenvalue weighted by molar-refractivity contribution is 6.00. The van der Waals surface area contributed by atoms with Crippen molar-refractivity contribution in [3.63, 3.8) is 0 Å². The van der Waals surface area contributed by atoms with Crippen LogP contribution >= 0.6 is 0 Å². The first kappa shape index (κ1) is 61.2. The van der Waals surface area contributed by atoms with Crippen LogP contribution in [0.4, 0.5) is 0 Å². The number of carbonyl (C=O) groups excluding carboxylic acids is 9. The Labute approximate surface area is 419 Å². The maximum atomic E-state index is 14.2. The Morgan fingerprint density at radius 2 is 0.972 bits per heavy atom. The van der Waals surface area contributed by atoms with Crippen LogP contribution in [0.3, 0.4) is 0 Å². The summed E-state index contributed by atoms with van der Waals surface area (Å²) in [4.78, 5) is 136. The molecule has 0 bridgehead atoms. The van der Waals surface area contributed by atoms with E-state index in [1.165, 1.54) is 13.8 Å². The fourth-order valence-corrected chi connectivity index (χ4v) is 8.19. The molecule has 1 saturated heterocycles. The van der Waals surface area contributed by atoms with Gasteiger partial charge in [-0.2, -0.15) is 0 Å². The minimum atomic E-state index is -1.26. The average molecular weight is 998 g/mol. The average Bonchev–Trinajstić information content (AvgIpc) is 3.75. The Bertz CT molecular complexity index is 2010. The monoisotopic (exact) mass is 998 g/mol. The van der Waals surface area contributed by atoms with Crippen molar-refractivity contribution in [3.8, 4) is 0 Å². The van der Waals surface area contributed by atoms with Crippen molar-refractivity contribution < 1.29 is 53.1 Å². The predicted molar refractivity (Wildman–Crippen MR) is 268 cm³/mol. The number of aliphatic carboxylic acids is 1. The molecule has 0 radical (unpaired) electrons. The van der Waals surface area contributed by atoms with Gasteiger partial charge in [-0.25, -0.2) is 0 Å². The second-order valence-corrected chi connectivity index (χ2v) is 21.0. The summed E-state index contributed by atoms with van der Waals surface area (Å²) in [5, 5.41) is 30.6. The zero-order valence-electron chi connectivity index (χ0n) is 44.3. The first-order valence-corrected chi connectivity index (χ1v) is 25.1. The van der Waals surface area contributed by atoms with Gasteiger partial charge in [0.25, 0.3) is 0 Å². The molecule has 9 N–H and O–H groups in total. The molecule has 2 rings (SSSR count). The van der Waals surface area contributed by atoms with Crippen LogP contribution in [-0.2, 0) is 54.4 Å². The molecule has 0 aromatic heterocycles. The minimum Gasteiger partial charge on any atom is -0.480 e. The molecule has 1 aliphatic rings. The van der Waals surface area contributed by atoms with Gasteiger partial charge in [-0.3, -0.25) is 58.2 Å². The smallest absolute Gasteiger partial charge is 0.325 e. The predicted octanol–water partition coefficient (Wildman–Crippen LogP) is 1.94. The van der Waals surface area contributed by atoms with Gasteiger partial charge >= 0.3 is 5.97 Å². The van der Waals surface area contributed by atoms with Gasteiger partial charge in [-0.1, -0.05) is 113 Å². The molecule has 398 valence electrons. The summed E-state index contributed by atoms with van der Waals surface area (Å²) < 4.78 is 0. The highest BCUT2D eigenvalue weighted by Crippen LogP contribution is 2.25. The SMILES string of the molecule is CC(C)CC(NC(=O)C(NC(=O)C(NC(=O)C(Cc1ccccc1)NC(=O)C(C)NC(=O)C(CC(C)C)NC(=O)C(C(C)C)N1CCCC1C(=O)NC(=O)C(C)C)C(C)C)C(C)C)C(=O)NC(C)C(=O)O. The number of benzene rings is 1. The zero-order valence-corrected chi connectivity index (χ0v) is 44.3. The summed E-state index contributed by atoms with van der Waals surface area (Å²) in [7, 11) is 0. The molecular weight excluding hydrogens is 915 g/mol. The summed E-state index contributed by atoms with van der Waals surface area (Å²) in [5.74, 6) is -8.69. The quantitative estimate of drug-likeness (QED) is 0.0612. The Hall–Kier alpha value is -5.92. The van der Waals surface area contributed by atoms with Crippen LogP contribution in [0.15, 0.2) is 30.3 Å². The number of amides is 9. The normalized spacial score (nSPS) is 17.3. The molecular formula is C51H83N9O11. The van der Waals surface area contributed by atoms with E-state index in [1.807, 2.05) is 41.5 Å². The summed E-state index contributed by atoms with van der Waals surface area (Å²) in [6, 6.07) is -0.960. The molecule has 1 fully saturated rings. The van der Waals surface area contributed by atoms with Crippen LogP contribution in [0.2, 0.25) is 0 Å². The van der Waals surface area contributed by atoms with Gasteiger partial charge in [0.2, 0.25) is 53.2 Å². The van der Waals surface area contributed by atoms with E-state index in [2.05, 4.69) is 42.5 Å². The van der Waals surface area contributed by atoms with Crippen molar-refractivity contribution >= 4 is 59.1 Å². The fourth-order valence-electron chi connectivity index (χ4n) is 8.19. The van der Waals surface area contributed by atoms with Crippen molar-refractivity contribution in [1.82, 2.24) is 47.4 Å². The van der Waals surface area contributed by atoms with Crippen molar-refractivity contribution in [1.29, 1.82) is 0 Å². The largest absolute Gasteiger partial charge is 0.480 e. The van der Waals surface area contributed by atoms with Gasteiger partial charge in [0, 0.05) is 12.3 Å². The third kappa shape index (κ3) is 19.7. The molecule has 0 aliphatic carbocycles. The van der Waals surface area contributed by atoms with E-state index < -0.39 is 131 Å². The molecule has 1 heterocycles. The molecule has 0 spiro atoms. The van der Waals surface area contributed by atoms with Gasteiger partial charge in [0.15, 0.2) is 0 Å². The van der Waals surface area contributed by atoms with Crippen molar-refractivity contribution in [3.05, 3.63) is 35.9 Å². The Morgan fingerprint density at radius 1 is 0.521 bits per heavy atom. The molecule has 9 amide bonds.